The van der Waals surface area contributed by atoms with Crippen LogP contribution in [0.15, 0.2) is 35.2 Å². The third kappa shape index (κ3) is 3.26. The Morgan fingerprint density at radius 3 is 3.00 bits per heavy atom. The molecule has 0 saturated heterocycles. The van der Waals surface area contributed by atoms with Crippen LogP contribution in [-0.2, 0) is 6.54 Å². The SMILES string of the molecule is OCC(NCc1ncccc1Cl)c1ccsc1. The number of nitrogens with zero attached hydrogens (tertiary/aromatic N) is 1. The third-order valence-corrected chi connectivity index (χ3v) is 3.52. The van der Waals surface area contributed by atoms with Gasteiger partial charge in [-0.1, -0.05) is 11.6 Å². The van der Waals surface area contributed by atoms with Gasteiger partial charge in [0.25, 0.3) is 0 Å². The van der Waals surface area contributed by atoms with Crippen LogP contribution in [0.3, 0.4) is 0 Å². The molecule has 2 N–H and O–H groups in total. The van der Waals surface area contributed by atoms with E-state index in [4.69, 9.17) is 11.6 Å². The van der Waals surface area contributed by atoms with Gasteiger partial charge < -0.3 is 10.4 Å². The Balaban J connectivity index is 2.00. The van der Waals surface area contributed by atoms with Gasteiger partial charge in [0.2, 0.25) is 0 Å². The molecule has 0 fully saturated rings. The van der Waals surface area contributed by atoms with Crippen molar-refractivity contribution in [2.45, 2.75) is 12.6 Å². The lowest BCUT2D eigenvalue weighted by Crippen LogP contribution is -2.24. The molecule has 0 amide bonds. The summed E-state index contributed by atoms with van der Waals surface area (Å²) in [5.74, 6) is 0. The van der Waals surface area contributed by atoms with E-state index in [-0.39, 0.29) is 12.6 Å². The first-order valence-corrected chi connectivity index (χ1v) is 6.59. The molecule has 2 rings (SSSR count). The molecule has 0 aliphatic carbocycles. The van der Waals surface area contributed by atoms with Gasteiger partial charge in [-0.15, -0.1) is 0 Å². The summed E-state index contributed by atoms with van der Waals surface area (Å²) in [6.07, 6.45) is 1.71. The van der Waals surface area contributed by atoms with E-state index in [1.54, 1.807) is 23.6 Å². The van der Waals surface area contributed by atoms with Gasteiger partial charge in [0, 0.05) is 12.7 Å². The van der Waals surface area contributed by atoms with Crippen molar-refractivity contribution < 1.29 is 5.11 Å². The maximum absolute atomic E-state index is 9.33. The standard InChI is InChI=1S/C12H13ClN2OS/c13-10-2-1-4-14-11(10)6-15-12(7-16)9-3-5-17-8-9/h1-5,8,12,15-16H,6-7H2. The van der Waals surface area contributed by atoms with Gasteiger partial charge in [-0.25, -0.2) is 0 Å². The van der Waals surface area contributed by atoms with E-state index in [9.17, 15) is 5.11 Å². The molecule has 1 atom stereocenters. The topological polar surface area (TPSA) is 45.1 Å². The number of nitrogens with one attached hydrogen (secondary N) is 1. The van der Waals surface area contributed by atoms with Crippen LogP contribution in [0.2, 0.25) is 5.02 Å². The van der Waals surface area contributed by atoms with Crippen molar-refractivity contribution in [1.82, 2.24) is 10.3 Å². The van der Waals surface area contributed by atoms with Gasteiger partial charge in [-0.05, 0) is 34.5 Å². The van der Waals surface area contributed by atoms with Gasteiger partial charge in [-0.2, -0.15) is 11.3 Å². The van der Waals surface area contributed by atoms with E-state index >= 15 is 0 Å². The Morgan fingerprint density at radius 2 is 2.35 bits per heavy atom. The van der Waals surface area contributed by atoms with Crippen molar-refractivity contribution in [3.63, 3.8) is 0 Å². The minimum Gasteiger partial charge on any atom is -0.394 e. The quantitative estimate of drug-likeness (QED) is 0.876. The third-order valence-electron chi connectivity index (χ3n) is 2.48. The second-order valence-electron chi connectivity index (χ2n) is 3.60. The molecule has 0 spiro atoms. The monoisotopic (exact) mass is 268 g/mol. The van der Waals surface area contributed by atoms with Crippen molar-refractivity contribution in [3.05, 3.63) is 51.4 Å². The van der Waals surface area contributed by atoms with Crippen LogP contribution in [-0.4, -0.2) is 16.7 Å². The molecule has 0 aliphatic rings. The fourth-order valence-electron chi connectivity index (χ4n) is 1.53. The Bertz CT molecular complexity index is 461. The molecule has 0 saturated carbocycles. The molecule has 0 radical (unpaired) electrons. The average Bonchev–Trinajstić information content (AvgIpc) is 2.86. The number of halogens is 1. The highest BCUT2D eigenvalue weighted by molar-refractivity contribution is 7.07. The second-order valence-corrected chi connectivity index (χ2v) is 4.79. The largest absolute Gasteiger partial charge is 0.394 e. The van der Waals surface area contributed by atoms with Crippen LogP contribution in [0.4, 0.5) is 0 Å². The highest BCUT2D eigenvalue weighted by Crippen LogP contribution is 2.18. The summed E-state index contributed by atoms with van der Waals surface area (Å²) < 4.78 is 0. The number of thiophene rings is 1. The van der Waals surface area contributed by atoms with Crippen molar-refractivity contribution >= 4 is 22.9 Å². The molecular weight excluding hydrogens is 256 g/mol. The van der Waals surface area contributed by atoms with Gasteiger partial charge in [0.05, 0.1) is 23.4 Å². The summed E-state index contributed by atoms with van der Waals surface area (Å²) in [6, 6.07) is 5.54. The van der Waals surface area contributed by atoms with Gasteiger partial charge in [0.1, 0.15) is 0 Å². The lowest BCUT2D eigenvalue weighted by molar-refractivity contribution is 0.243. The zero-order valence-corrected chi connectivity index (χ0v) is 10.7. The van der Waals surface area contributed by atoms with Crippen LogP contribution >= 0.6 is 22.9 Å². The van der Waals surface area contributed by atoms with Crippen LogP contribution in [0.1, 0.15) is 17.3 Å². The normalized spacial score (nSPS) is 12.6. The molecule has 90 valence electrons. The molecule has 3 nitrogen and oxygen atoms in total. The predicted molar refractivity (Wildman–Crippen MR) is 70.2 cm³/mol. The fourth-order valence-corrected chi connectivity index (χ4v) is 2.43. The molecular formula is C12H13ClN2OS. The number of aliphatic hydroxyl groups is 1. The minimum atomic E-state index is -0.0701. The van der Waals surface area contributed by atoms with Crippen LogP contribution < -0.4 is 5.32 Å². The van der Waals surface area contributed by atoms with E-state index in [1.165, 1.54) is 0 Å². The zero-order chi connectivity index (χ0) is 12.1. The first kappa shape index (κ1) is 12.5. The van der Waals surface area contributed by atoms with E-state index in [2.05, 4.69) is 10.3 Å². The molecule has 17 heavy (non-hydrogen) atoms. The maximum atomic E-state index is 9.33. The highest BCUT2D eigenvalue weighted by Gasteiger charge is 2.11. The highest BCUT2D eigenvalue weighted by atomic mass is 35.5. The molecule has 0 bridgehead atoms. The maximum Gasteiger partial charge on any atom is 0.0727 e. The van der Waals surface area contributed by atoms with Crippen LogP contribution in [0, 0.1) is 0 Å². The number of pyridine rings is 1. The predicted octanol–water partition coefficient (Wildman–Crippen LogP) is 2.62. The minimum absolute atomic E-state index is 0.0567. The van der Waals surface area contributed by atoms with E-state index in [1.807, 2.05) is 22.9 Å². The van der Waals surface area contributed by atoms with E-state index in [0.717, 1.165) is 11.3 Å². The van der Waals surface area contributed by atoms with Crippen molar-refractivity contribution in [2.75, 3.05) is 6.61 Å². The zero-order valence-electron chi connectivity index (χ0n) is 9.14. The lowest BCUT2D eigenvalue weighted by Gasteiger charge is -2.15. The smallest absolute Gasteiger partial charge is 0.0727 e. The Hall–Kier alpha value is -0.940. The Kier molecular flexibility index (Phi) is 4.50. The van der Waals surface area contributed by atoms with E-state index < -0.39 is 0 Å². The van der Waals surface area contributed by atoms with Gasteiger partial charge in [0.15, 0.2) is 0 Å². The second kappa shape index (κ2) is 6.12. The molecule has 0 aliphatic heterocycles. The summed E-state index contributed by atoms with van der Waals surface area (Å²) in [5.41, 5.74) is 1.88. The number of rotatable bonds is 5. The summed E-state index contributed by atoms with van der Waals surface area (Å²) in [4.78, 5) is 4.19. The molecule has 1 unspecified atom stereocenters. The number of aliphatic hydroxyl groups excluding tert-OH is 1. The molecule has 2 aromatic rings. The van der Waals surface area contributed by atoms with E-state index in [0.29, 0.717) is 11.6 Å². The van der Waals surface area contributed by atoms with Crippen molar-refractivity contribution in [2.24, 2.45) is 0 Å². The Labute approximate surface area is 109 Å². The summed E-state index contributed by atoms with van der Waals surface area (Å²) in [5, 5.41) is 17.2. The fraction of sp³-hybridized carbons (Fsp3) is 0.250. The number of hydrogen-bond donors (Lipinski definition) is 2. The number of hydrogen-bond acceptors (Lipinski definition) is 4. The summed E-state index contributed by atoms with van der Waals surface area (Å²) >= 11 is 7.63. The molecule has 2 aromatic heterocycles. The molecule has 2 heterocycles. The summed E-state index contributed by atoms with van der Waals surface area (Å²) in [6.45, 7) is 0.599. The van der Waals surface area contributed by atoms with Crippen molar-refractivity contribution in [1.29, 1.82) is 0 Å². The molecule has 0 aromatic carbocycles. The summed E-state index contributed by atoms with van der Waals surface area (Å²) in [7, 11) is 0. The number of aromatic nitrogens is 1. The van der Waals surface area contributed by atoms with Crippen LogP contribution in [0.5, 0.6) is 0 Å². The van der Waals surface area contributed by atoms with Gasteiger partial charge >= 0.3 is 0 Å². The van der Waals surface area contributed by atoms with Crippen LogP contribution in [0.25, 0.3) is 0 Å². The van der Waals surface area contributed by atoms with Gasteiger partial charge in [-0.3, -0.25) is 4.98 Å². The lowest BCUT2D eigenvalue weighted by atomic mass is 10.1. The first-order chi connectivity index (χ1) is 8.31. The Morgan fingerprint density at radius 1 is 1.47 bits per heavy atom. The average molecular weight is 269 g/mol. The van der Waals surface area contributed by atoms with Crippen molar-refractivity contribution in [3.8, 4) is 0 Å². The first-order valence-electron chi connectivity index (χ1n) is 5.27. The molecule has 5 heteroatoms.